The molecule has 18 heavy (non-hydrogen) atoms. The average molecular weight is 310 g/mol. The molecule has 98 valence electrons. The fourth-order valence-corrected chi connectivity index (χ4v) is 2.77. The van der Waals surface area contributed by atoms with Crippen LogP contribution in [0.3, 0.4) is 0 Å². The molecule has 0 atom stereocenters. The predicted molar refractivity (Wildman–Crippen MR) is 77.1 cm³/mol. The first-order chi connectivity index (χ1) is 8.64. The summed E-state index contributed by atoms with van der Waals surface area (Å²) in [7, 11) is 0. The third-order valence-corrected chi connectivity index (χ3v) is 4.70. The van der Waals surface area contributed by atoms with Gasteiger partial charge in [-0.3, -0.25) is 0 Å². The van der Waals surface area contributed by atoms with Crippen molar-refractivity contribution in [3.8, 4) is 0 Å². The molecular weight excluding hydrogens is 290 g/mol. The summed E-state index contributed by atoms with van der Waals surface area (Å²) in [4.78, 5) is 9.58. The molecule has 2 saturated carbocycles. The van der Waals surface area contributed by atoms with E-state index in [1.807, 2.05) is 0 Å². The van der Waals surface area contributed by atoms with E-state index < -0.39 is 0 Å². The Balaban J connectivity index is 1.97. The molecule has 0 bridgehead atoms. The van der Waals surface area contributed by atoms with Gasteiger partial charge in [-0.25, -0.2) is 9.97 Å². The molecule has 0 radical (unpaired) electrons. The molecule has 1 N–H and O–H groups in total. The molecule has 2 aliphatic carbocycles. The van der Waals surface area contributed by atoms with Gasteiger partial charge in [0.05, 0.1) is 10.2 Å². The number of rotatable bonds is 5. The quantitative estimate of drug-likeness (QED) is 0.893. The van der Waals surface area contributed by atoms with Crippen molar-refractivity contribution in [1.82, 2.24) is 9.97 Å². The molecule has 2 fully saturated rings. The summed E-state index contributed by atoms with van der Waals surface area (Å²) < 4.78 is 1.09. The van der Waals surface area contributed by atoms with Crippen LogP contribution < -0.4 is 5.32 Å². The Hall–Kier alpha value is -0.640. The second kappa shape index (κ2) is 4.48. The first kappa shape index (κ1) is 12.4. The summed E-state index contributed by atoms with van der Waals surface area (Å²) >= 11 is 3.69. The van der Waals surface area contributed by atoms with Crippen molar-refractivity contribution in [2.75, 3.05) is 11.9 Å². The third-order valence-electron chi connectivity index (χ3n) is 3.92. The highest BCUT2D eigenvalue weighted by molar-refractivity contribution is 9.10. The van der Waals surface area contributed by atoms with Gasteiger partial charge in [0.25, 0.3) is 0 Å². The topological polar surface area (TPSA) is 37.8 Å². The van der Waals surface area contributed by atoms with Crippen LogP contribution >= 0.6 is 15.9 Å². The van der Waals surface area contributed by atoms with Crippen LogP contribution in [0.4, 0.5) is 5.82 Å². The van der Waals surface area contributed by atoms with Gasteiger partial charge in [-0.2, -0.15) is 0 Å². The molecule has 3 nitrogen and oxygen atoms in total. The Kier molecular flexibility index (Phi) is 3.08. The number of nitrogens with zero attached hydrogens (tertiary/aromatic N) is 2. The van der Waals surface area contributed by atoms with E-state index in [9.17, 15) is 0 Å². The van der Waals surface area contributed by atoms with Crippen molar-refractivity contribution in [3.05, 3.63) is 16.0 Å². The maximum absolute atomic E-state index is 4.84. The molecule has 3 rings (SSSR count). The fraction of sp³-hybridized carbons (Fsp3) is 0.714. The number of hydrogen-bond acceptors (Lipinski definition) is 3. The molecule has 0 aliphatic heterocycles. The monoisotopic (exact) mass is 309 g/mol. The van der Waals surface area contributed by atoms with Gasteiger partial charge in [-0.15, -0.1) is 0 Å². The summed E-state index contributed by atoms with van der Waals surface area (Å²) in [5.74, 6) is 2.70. The number of aromatic nitrogens is 2. The van der Waals surface area contributed by atoms with E-state index >= 15 is 0 Å². The van der Waals surface area contributed by atoms with Gasteiger partial charge in [-0.1, -0.05) is 13.8 Å². The van der Waals surface area contributed by atoms with Gasteiger partial charge in [0.15, 0.2) is 0 Å². The Labute approximate surface area is 117 Å². The molecule has 1 aromatic rings. The van der Waals surface area contributed by atoms with E-state index in [1.165, 1.54) is 31.4 Å². The second-order valence-corrected chi connectivity index (χ2v) is 6.65. The van der Waals surface area contributed by atoms with Crippen molar-refractivity contribution in [2.45, 2.75) is 57.3 Å². The minimum atomic E-state index is 0.243. The standard InChI is InChI=1S/C14H20BrN3/c1-3-8-16-12-10(15)11(9-4-5-9)17-13(18-12)14(2)6-7-14/h9H,3-8H2,1-2H3,(H,16,17,18). The average Bonchev–Trinajstić information content (AvgIpc) is 3.24. The number of hydrogen-bond donors (Lipinski definition) is 1. The normalized spacial score (nSPS) is 20.8. The largest absolute Gasteiger partial charge is 0.369 e. The van der Waals surface area contributed by atoms with E-state index in [1.54, 1.807) is 0 Å². The zero-order valence-electron chi connectivity index (χ0n) is 11.1. The maximum atomic E-state index is 4.84. The Bertz CT molecular complexity index is 464. The molecule has 2 aliphatic rings. The lowest BCUT2D eigenvalue weighted by molar-refractivity contribution is 0.695. The van der Waals surface area contributed by atoms with Crippen LogP contribution in [0, 0.1) is 0 Å². The highest BCUT2D eigenvalue weighted by Gasteiger charge is 2.43. The molecule has 4 heteroatoms. The molecule has 0 aromatic carbocycles. The predicted octanol–water partition coefficient (Wildman–Crippen LogP) is 3.99. The lowest BCUT2D eigenvalue weighted by atomic mass is 10.1. The van der Waals surface area contributed by atoms with Crippen molar-refractivity contribution >= 4 is 21.7 Å². The first-order valence-corrected chi connectivity index (χ1v) is 7.75. The Morgan fingerprint density at radius 1 is 1.33 bits per heavy atom. The summed E-state index contributed by atoms with van der Waals surface area (Å²) in [6, 6.07) is 0. The molecule has 0 amide bonds. The molecule has 0 saturated heterocycles. The molecule has 0 unspecified atom stereocenters. The van der Waals surface area contributed by atoms with E-state index in [2.05, 4.69) is 35.1 Å². The summed E-state index contributed by atoms with van der Waals surface area (Å²) in [5, 5.41) is 3.43. The summed E-state index contributed by atoms with van der Waals surface area (Å²) in [6.07, 6.45) is 6.12. The van der Waals surface area contributed by atoms with Crippen LogP contribution in [0.2, 0.25) is 0 Å². The van der Waals surface area contributed by atoms with Crippen LogP contribution in [-0.4, -0.2) is 16.5 Å². The fourth-order valence-electron chi connectivity index (χ4n) is 2.13. The zero-order valence-corrected chi connectivity index (χ0v) is 12.7. The SMILES string of the molecule is CCCNc1nc(C2(C)CC2)nc(C2CC2)c1Br. The lowest BCUT2D eigenvalue weighted by Gasteiger charge is -2.15. The number of halogens is 1. The highest BCUT2D eigenvalue weighted by atomic mass is 79.9. The maximum Gasteiger partial charge on any atom is 0.144 e. The van der Waals surface area contributed by atoms with Crippen LogP contribution in [0.15, 0.2) is 4.47 Å². The van der Waals surface area contributed by atoms with Crippen molar-refractivity contribution < 1.29 is 0 Å². The van der Waals surface area contributed by atoms with Crippen LogP contribution in [0.1, 0.15) is 63.4 Å². The molecule has 1 heterocycles. The minimum absolute atomic E-state index is 0.243. The van der Waals surface area contributed by atoms with E-state index in [-0.39, 0.29) is 5.41 Å². The van der Waals surface area contributed by atoms with E-state index in [0.717, 1.165) is 29.1 Å². The smallest absolute Gasteiger partial charge is 0.144 e. The van der Waals surface area contributed by atoms with Gasteiger partial charge < -0.3 is 5.32 Å². The molecule has 1 aromatic heterocycles. The third kappa shape index (κ3) is 2.27. The van der Waals surface area contributed by atoms with Gasteiger partial charge in [-0.05, 0) is 48.0 Å². The Morgan fingerprint density at radius 2 is 2.06 bits per heavy atom. The zero-order chi connectivity index (χ0) is 12.8. The van der Waals surface area contributed by atoms with Gasteiger partial charge in [0.1, 0.15) is 11.6 Å². The number of nitrogens with one attached hydrogen (secondary N) is 1. The first-order valence-electron chi connectivity index (χ1n) is 6.96. The van der Waals surface area contributed by atoms with E-state index in [0.29, 0.717) is 5.92 Å². The van der Waals surface area contributed by atoms with Crippen LogP contribution in [0.5, 0.6) is 0 Å². The summed E-state index contributed by atoms with van der Waals surface area (Å²) in [6.45, 7) is 5.42. The van der Waals surface area contributed by atoms with E-state index in [4.69, 9.17) is 9.97 Å². The van der Waals surface area contributed by atoms with Gasteiger partial charge >= 0.3 is 0 Å². The summed E-state index contributed by atoms with van der Waals surface area (Å²) in [5.41, 5.74) is 1.47. The van der Waals surface area contributed by atoms with Crippen molar-refractivity contribution in [3.63, 3.8) is 0 Å². The van der Waals surface area contributed by atoms with Gasteiger partial charge in [0, 0.05) is 17.9 Å². The van der Waals surface area contributed by atoms with Crippen molar-refractivity contribution in [2.24, 2.45) is 0 Å². The van der Waals surface area contributed by atoms with Gasteiger partial charge in [0.2, 0.25) is 0 Å². The second-order valence-electron chi connectivity index (χ2n) is 5.86. The highest BCUT2D eigenvalue weighted by Crippen LogP contribution is 2.49. The lowest BCUT2D eigenvalue weighted by Crippen LogP contribution is -2.13. The Morgan fingerprint density at radius 3 is 2.61 bits per heavy atom. The number of anilines is 1. The van der Waals surface area contributed by atoms with Crippen LogP contribution in [0.25, 0.3) is 0 Å². The van der Waals surface area contributed by atoms with Crippen LogP contribution in [-0.2, 0) is 5.41 Å². The van der Waals surface area contributed by atoms with Crippen molar-refractivity contribution in [1.29, 1.82) is 0 Å². The minimum Gasteiger partial charge on any atom is -0.369 e. The molecular formula is C14H20BrN3. The molecule has 0 spiro atoms.